The fourth-order valence-corrected chi connectivity index (χ4v) is 5.34. The average molecular weight is 483 g/mol. The highest BCUT2D eigenvalue weighted by molar-refractivity contribution is 5.79. The molecule has 0 radical (unpaired) electrons. The normalized spacial score (nSPS) is 18.4. The van der Waals surface area contributed by atoms with Gasteiger partial charge in [-0.2, -0.15) is 13.2 Å². The van der Waals surface area contributed by atoms with E-state index in [1.165, 1.54) is 24.9 Å². The van der Waals surface area contributed by atoms with Crippen molar-refractivity contribution < 1.29 is 18.3 Å². The summed E-state index contributed by atoms with van der Waals surface area (Å²) in [6.45, 7) is 0. The van der Waals surface area contributed by atoms with Crippen LogP contribution in [0.2, 0.25) is 0 Å². The molecule has 35 heavy (non-hydrogen) atoms. The number of hydrogen-bond donors (Lipinski definition) is 2. The molecule has 1 heterocycles. The molecule has 2 N–H and O–H groups in total. The summed E-state index contributed by atoms with van der Waals surface area (Å²) in [6.07, 6.45) is 3.27. The Bertz CT molecular complexity index is 1210. The van der Waals surface area contributed by atoms with Crippen molar-refractivity contribution in [3.8, 4) is 11.3 Å². The second kappa shape index (κ2) is 9.49. The van der Waals surface area contributed by atoms with Gasteiger partial charge in [-0.25, -0.2) is 9.97 Å². The number of benzene rings is 2. The van der Waals surface area contributed by atoms with Gasteiger partial charge in [-0.15, -0.1) is 0 Å². The van der Waals surface area contributed by atoms with Crippen molar-refractivity contribution in [3.63, 3.8) is 0 Å². The summed E-state index contributed by atoms with van der Waals surface area (Å²) in [5, 5.41) is 13.5. The first-order valence-corrected chi connectivity index (χ1v) is 12.1. The zero-order valence-corrected chi connectivity index (χ0v) is 19.6. The molecule has 1 unspecified atom stereocenters. The van der Waals surface area contributed by atoms with Crippen molar-refractivity contribution in [3.05, 3.63) is 65.5 Å². The van der Waals surface area contributed by atoms with Gasteiger partial charge in [0.1, 0.15) is 12.1 Å². The second-order valence-electron chi connectivity index (χ2n) is 9.47. The van der Waals surface area contributed by atoms with Crippen LogP contribution in [0, 0.1) is 0 Å². The van der Waals surface area contributed by atoms with Crippen molar-refractivity contribution in [1.82, 2.24) is 9.97 Å². The Morgan fingerprint density at radius 1 is 1.00 bits per heavy atom. The fraction of sp³-hybridized carbons (Fsp3) is 0.407. The monoisotopic (exact) mass is 482 g/mol. The summed E-state index contributed by atoms with van der Waals surface area (Å²) in [7, 11) is 1.88. The van der Waals surface area contributed by atoms with Crippen LogP contribution < -0.4 is 10.2 Å². The first kappa shape index (κ1) is 23.6. The van der Waals surface area contributed by atoms with Crippen molar-refractivity contribution in [2.75, 3.05) is 17.3 Å². The molecule has 0 spiro atoms. The second-order valence-corrected chi connectivity index (χ2v) is 9.47. The lowest BCUT2D eigenvalue weighted by Crippen LogP contribution is -2.33. The van der Waals surface area contributed by atoms with E-state index in [-0.39, 0.29) is 6.04 Å². The third-order valence-electron chi connectivity index (χ3n) is 7.27. The number of halogens is 3. The van der Waals surface area contributed by atoms with E-state index in [1.54, 1.807) is 6.07 Å². The van der Waals surface area contributed by atoms with Crippen LogP contribution in [0.1, 0.15) is 61.3 Å². The van der Waals surface area contributed by atoms with E-state index < -0.39 is 17.8 Å². The largest absolute Gasteiger partial charge is 0.416 e. The minimum Gasteiger partial charge on any atom is -0.388 e. The molecule has 0 bridgehead atoms. The summed E-state index contributed by atoms with van der Waals surface area (Å²) >= 11 is 0. The van der Waals surface area contributed by atoms with Crippen LogP contribution in [0.3, 0.4) is 0 Å². The van der Waals surface area contributed by atoms with Gasteiger partial charge in [0, 0.05) is 36.1 Å². The first-order chi connectivity index (χ1) is 16.8. The van der Waals surface area contributed by atoms with Crippen molar-refractivity contribution >= 4 is 17.2 Å². The number of nitrogens with one attached hydrogen (secondary N) is 1. The van der Waals surface area contributed by atoms with Crippen LogP contribution in [0.5, 0.6) is 0 Å². The molecule has 1 aromatic heterocycles. The first-order valence-electron chi connectivity index (χ1n) is 12.1. The van der Waals surface area contributed by atoms with E-state index in [2.05, 4.69) is 15.3 Å². The maximum atomic E-state index is 13.6. The van der Waals surface area contributed by atoms with Gasteiger partial charge >= 0.3 is 6.18 Å². The van der Waals surface area contributed by atoms with Gasteiger partial charge in [-0.1, -0.05) is 37.5 Å². The number of nitrogens with zero attached hydrogens (tertiary/aromatic N) is 3. The van der Waals surface area contributed by atoms with Crippen molar-refractivity contribution in [2.45, 2.75) is 63.3 Å². The van der Waals surface area contributed by atoms with Crippen molar-refractivity contribution in [1.29, 1.82) is 0 Å². The molecule has 1 atom stereocenters. The molecule has 0 saturated heterocycles. The smallest absolute Gasteiger partial charge is 0.388 e. The van der Waals surface area contributed by atoms with Gasteiger partial charge in [-0.05, 0) is 55.0 Å². The Hall–Kier alpha value is -3.13. The number of aromatic nitrogens is 2. The molecule has 184 valence electrons. The molecule has 0 aliphatic heterocycles. The van der Waals surface area contributed by atoms with Crippen LogP contribution in [-0.2, 0) is 12.6 Å². The van der Waals surface area contributed by atoms with E-state index in [0.29, 0.717) is 29.2 Å². The molecule has 1 fully saturated rings. The lowest BCUT2D eigenvalue weighted by atomic mass is 9.93. The summed E-state index contributed by atoms with van der Waals surface area (Å²) in [4.78, 5) is 10.8. The Balaban J connectivity index is 1.51. The van der Waals surface area contributed by atoms with E-state index in [0.717, 1.165) is 55.0 Å². The van der Waals surface area contributed by atoms with Gasteiger partial charge in [0.25, 0.3) is 0 Å². The number of alkyl halides is 3. The number of hydrogen-bond acceptors (Lipinski definition) is 5. The summed E-state index contributed by atoms with van der Waals surface area (Å²) in [5.41, 5.74) is 3.92. The number of aliphatic hydroxyl groups is 1. The Morgan fingerprint density at radius 2 is 1.80 bits per heavy atom. The molecule has 2 aliphatic rings. The predicted octanol–water partition coefficient (Wildman–Crippen LogP) is 6.65. The lowest BCUT2D eigenvalue weighted by molar-refractivity contribution is -0.137. The van der Waals surface area contributed by atoms with Gasteiger partial charge < -0.3 is 15.3 Å². The lowest BCUT2D eigenvalue weighted by Gasteiger charge is -2.34. The van der Waals surface area contributed by atoms with Crippen LogP contribution >= 0.6 is 0 Å². The standard InChI is InChI=1S/C27H29F3N4O/c1-34(18-6-3-2-4-7-18)24-14-17(27(28,29)30)10-11-21(24)23-15-26(32-16-31-23)33-22-9-5-8-20-19(22)12-13-25(20)35/h5,8-11,14-16,18,25,35H,2-4,6-7,12-13H2,1H3,(H,31,32,33). The van der Waals surface area contributed by atoms with E-state index in [9.17, 15) is 18.3 Å². The maximum absolute atomic E-state index is 13.6. The Kier molecular flexibility index (Phi) is 6.40. The molecule has 2 aromatic carbocycles. The van der Waals surface area contributed by atoms with Gasteiger partial charge in [0.15, 0.2) is 0 Å². The molecule has 5 nitrogen and oxygen atoms in total. The molecule has 8 heteroatoms. The van der Waals surface area contributed by atoms with E-state index >= 15 is 0 Å². The maximum Gasteiger partial charge on any atom is 0.416 e. The van der Waals surface area contributed by atoms with Crippen molar-refractivity contribution in [2.24, 2.45) is 0 Å². The SMILES string of the molecule is CN(c1cc(C(F)(F)F)ccc1-c1cc(Nc2cccc3c2CCC3O)ncn1)C1CCCCC1. The molecule has 0 amide bonds. The summed E-state index contributed by atoms with van der Waals surface area (Å²) in [5.74, 6) is 0.552. The predicted molar refractivity (Wildman–Crippen MR) is 131 cm³/mol. The highest BCUT2D eigenvalue weighted by atomic mass is 19.4. The minimum absolute atomic E-state index is 0.198. The highest BCUT2D eigenvalue weighted by Crippen LogP contribution is 2.40. The molecular formula is C27H29F3N4O. The number of aliphatic hydroxyl groups excluding tert-OH is 1. The van der Waals surface area contributed by atoms with Crippen LogP contribution in [0.25, 0.3) is 11.3 Å². The number of anilines is 3. The Labute approximate surface area is 203 Å². The average Bonchev–Trinajstić information content (AvgIpc) is 3.25. The fourth-order valence-electron chi connectivity index (χ4n) is 5.34. The summed E-state index contributed by atoms with van der Waals surface area (Å²) < 4.78 is 40.7. The van der Waals surface area contributed by atoms with Crippen LogP contribution in [0.4, 0.5) is 30.4 Å². The van der Waals surface area contributed by atoms with E-state index in [4.69, 9.17) is 0 Å². The molecule has 1 saturated carbocycles. The quantitative estimate of drug-likeness (QED) is 0.426. The highest BCUT2D eigenvalue weighted by Gasteiger charge is 2.32. The zero-order chi connectivity index (χ0) is 24.6. The van der Waals surface area contributed by atoms with E-state index in [1.807, 2.05) is 30.1 Å². The topological polar surface area (TPSA) is 61.3 Å². The number of rotatable bonds is 5. The Morgan fingerprint density at radius 3 is 2.57 bits per heavy atom. The molecular weight excluding hydrogens is 453 g/mol. The third-order valence-corrected chi connectivity index (χ3v) is 7.27. The summed E-state index contributed by atoms with van der Waals surface area (Å²) in [6, 6.07) is 11.6. The van der Waals surface area contributed by atoms with Gasteiger partial charge in [-0.3, -0.25) is 0 Å². The van der Waals surface area contributed by atoms with Gasteiger partial charge in [0.2, 0.25) is 0 Å². The molecule has 5 rings (SSSR count). The van der Waals surface area contributed by atoms with Crippen LogP contribution in [0.15, 0.2) is 48.8 Å². The van der Waals surface area contributed by atoms with Crippen LogP contribution in [-0.4, -0.2) is 28.2 Å². The minimum atomic E-state index is -4.42. The molecule has 2 aliphatic carbocycles. The van der Waals surface area contributed by atoms with Gasteiger partial charge in [0.05, 0.1) is 17.4 Å². The third kappa shape index (κ3) is 4.85. The number of fused-ring (bicyclic) bond motifs is 1. The molecule has 3 aromatic rings. The zero-order valence-electron chi connectivity index (χ0n) is 19.6.